The fourth-order valence-electron chi connectivity index (χ4n) is 2.02. The third-order valence-electron chi connectivity index (χ3n) is 3.14. The summed E-state index contributed by atoms with van der Waals surface area (Å²) in [6, 6.07) is 12.8. The van der Waals surface area contributed by atoms with E-state index in [-0.39, 0.29) is 11.0 Å². The van der Waals surface area contributed by atoms with Crippen LogP contribution < -0.4 is 10.6 Å². The van der Waals surface area contributed by atoms with Crippen LogP contribution >= 0.6 is 23.9 Å². The zero-order valence-corrected chi connectivity index (χ0v) is 13.3. The molecule has 0 aliphatic rings. The fourth-order valence-corrected chi connectivity index (χ4v) is 2.76. The van der Waals surface area contributed by atoms with Crippen LogP contribution in [-0.2, 0) is 0 Å². The van der Waals surface area contributed by atoms with Gasteiger partial charge in [0.2, 0.25) is 0 Å². The van der Waals surface area contributed by atoms with Crippen molar-refractivity contribution >= 4 is 51.7 Å². The number of carbonyl (C=O) groups excluding carboxylic acids is 1. The van der Waals surface area contributed by atoms with Crippen LogP contribution in [0.3, 0.4) is 0 Å². The van der Waals surface area contributed by atoms with Crippen molar-refractivity contribution in [2.24, 2.45) is 0 Å². The summed E-state index contributed by atoms with van der Waals surface area (Å²) < 4.78 is 8.46. The molecule has 0 saturated heterocycles. The van der Waals surface area contributed by atoms with Gasteiger partial charge in [-0.2, -0.15) is 8.75 Å². The molecule has 1 aromatic heterocycles. The molecule has 0 radical (unpaired) electrons. The van der Waals surface area contributed by atoms with Gasteiger partial charge in [0, 0.05) is 5.56 Å². The van der Waals surface area contributed by atoms with Gasteiger partial charge in [-0.25, -0.2) is 0 Å². The third-order valence-corrected chi connectivity index (χ3v) is 3.88. The van der Waals surface area contributed by atoms with Gasteiger partial charge < -0.3 is 5.32 Å². The predicted octanol–water partition coefficient (Wildman–Crippen LogP) is 3.13. The minimum atomic E-state index is -0.251. The normalized spacial score (nSPS) is 10.4. The Labute approximate surface area is 136 Å². The van der Waals surface area contributed by atoms with Crippen molar-refractivity contribution in [2.75, 3.05) is 5.32 Å². The summed E-state index contributed by atoms with van der Waals surface area (Å²) in [5, 5.41) is 5.94. The molecule has 3 aromatic rings. The van der Waals surface area contributed by atoms with E-state index in [1.54, 1.807) is 24.3 Å². The third kappa shape index (κ3) is 2.95. The van der Waals surface area contributed by atoms with Gasteiger partial charge in [0.15, 0.2) is 5.11 Å². The summed E-state index contributed by atoms with van der Waals surface area (Å²) in [6.45, 7) is 1.95. The van der Waals surface area contributed by atoms with Gasteiger partial charge in [-0.1, -0.05) is 24.3 Å². The lowest BCUT2D eigenvalue weighted by Gasteiger charge is -2.12. The Kier molecular flexibility index (Phi) is 4.08. The van der Waals surface area contributed by atoms with Gasteiger partial charge in [0.25, 0.3) is 5.91 Å². The number of anilines is 1. The zero-order valence-electron chi connectivity index (χ0n) is 11.7. The molecule has 3 rings (SSSR count). The van der Waals surface area contributed by atoms with Crippen molar-refractivity contribution < 1.29 is 4.79 Å². The Morgan fingerprint density at radius 3 is 2.68 bits per heavy atom. The van der Waals surface area contributed by atoms with Crippen LogP contribution in [0, 0.1) is 6.92 Å². The maximum Gasteiger partial charge on any atom is 0.257 e. The minimum Gasteiger partial charge on any atom is -0.330 e. The number of amides is 1. The molecule has 2 N–H and O–H groups in total. The number of rotatable bonds is 2. The Morgan fingerprint density at radius 1 is 1.14 bits per heavy atom. The highest BCUT2D eigenvalue weighted by molar-refractivity contribution is 7.80. The first-order chi connectivity index (χ1) is 10.6. The second-order valence-electron chi connectivity index (χ2n) is 4.66. The van der Waals surface area contributed by atoms with E-state index in [0.29, 0.717) is 5.56 Å². The molecule has 0 spiro atoms. The maximum atomic E-state index is 12.1. The van der Waals surface area contributed by atoms with Crippen molar-refractivity contribution in [2.45, 2.75) is 6.92 Å². The van der Waals surface area contributed by atoms with Crippen molar-refractivity contribution in [3.63, 3.8) is 0 Å². The lowest BCUT2D eigenvalue weighted by Crippen LogP contribution is -2.34. The largest absolute Gasteiger partial charge is 0.330 e. The molecule has 0 bridgehead atoms. The second-order valence-corrected chi connectivity index (χ2v) is 5.60. The van der Waals surface area contributed by atoms with Gasteiger partial charge in [-0.15, -0.1) is 0 Å². The van der Waals surface area contributed by atoms with E-state index < -0.39 is 0 Å². The molecule has 0 aliphatic heterocycles. The van der Waals surface area contributed by atoms with Crippen LogP contribution in [0.2, 0.25) is 0 Å². The molecule has 0 atom stereocenters. The number of nitrogens with one attached hydrogen (secondary N) is 2. The number of carbonyl (C=O) groups is 1. The van der Waals surface area contributed by atoms with Crippen LogP contribution in [0.1, 0.15) is 15.9 Å². The van der Waals surface area contributed by atoms with E-state index >= 15 is 0 Å². The highest BCUT2D eigenvalue weighted by atomic mass is 32.1. The van der Waals surface area contributed by atoms with Crippen LogP contribution in [0.5, 0.6) is 0 Å². The highest BCUT2D eigenvalue weighted by Gasteiger charge is 2.12. The summed E-state index contributed by atoms with van der Waals surface area (Å²) in [4.78, 5) is 12.1. The molecule has 1 heterocycles. The van der Waals surface area contributed by atoms with Crippen molar-refractivity contribution in [1.82, 2.24) is 14.1 Å². The Bertz CT molecular complexity index is 845. The van der Waals surface area contributed by atoms with Gasteiger partial charge >= 0.3 is 0 Å². The minimum absolute atomic E-state index is 0.234. The predicted molar refractivity (Wildman–Crippen MR) is 92.3 cm³/mol. The summed E-state index contributed by atoms with van der Waals surface area (Å²) in [6.07, 6.45) is 0. The second kappa shape index (κ2) is 6.17. The van der Waals surface area contributed by atoms with E-state index in [1.807, 2.05) is 25.1 Å². The molecular weight excluding hydrogens is 316 g/mol. The first-order valence-electron chi connectivity index (χ1n) is 6.54. The SMILES string of the molecule is Cc1ccc2nsnc2c1NC(=S)NC(=O)c1ccccc1. The quantitative estimate of drug-likeness (QED) is 0.708. The smallest absolute Gasteiger partial charge is 0.257 e. The molecule has 0 fully saturated rings. The zero-order chi connectivity index (χ0) is 15.5. The molecule has 5 nitrogen and oxygen atoms in total. The number of nitrogens with zero attached hydrogens (tertiary/aromatic N) is 2. The Morgan fingerprint density at radius 2 is 1.91 bits per heavy atom. The summed E-state index contributed by atoms with van der Waals surface area (Å²) in [7, 11) is 0. The summed E-state index contributed by atoms with van der Waals surface area (Å²) >= 11 is 6.36. The number of benzene rings is 2. The number of fused-ring (bicyclic) bond motifs is 1. The van der Waals surface area contributed by atoms with Crippen LogP contribution in [-0.4, -0.2) is 19.8 Å². The first kappa shape index (κ1) is 14.6. The first-order valence-corrected chi connectivity index (χ1v) is 7.68. The topological polar surface area (TPSA) is 66.9 Å². The van der Waals surface area contributed by atoms with Crippen molar-refractivity contribution in [3.05, 3.63) is 53.6 Å². The monoisotopic (exact) mass is 328 g/mol. The lowest BCUT2D eigenvalue weighted by atomic mass is 10.1. The standard InChI is InChI=1S/C15H12N4OS2/c1-9-7-8-11-13(19-22-18-11)12(9)16-15(21)17-14(20)10-5-3-2-4-6-10/h2-8H,1H3,(H2,16,17,20,21). The van der Waals surface area contributed by atoms with Gasteiger partial charge in [0.05, 0.1) is 17.4 Å². The van der Waals surface area contributed by atoms with E-state index in [0.717, 1.165) is 34.0 Å². The van der Waals surface area contributed by atoms with Crippen LogP contribution in [0.25, 0.3) is 11.0 Å². The van der Waals surface area contributed by atoms with Gasteiger partial charge in [0.1, 0.15) is 11.0 Å². The fraction of sp³-hybridized carbons (Fsp3) is 0.0667. The van der Waals surface area contributed by atoms with Crippen LogP contribution in [0.15, 0.2) is 42.5 Å². The van der Waals surface area contributed by atoms with Crippen molar-refractivity contribution in [3.8, 4) is 0 Å². The van der Waals surface area contributed by atoms with Crippen LogP contribution in [0.4, 0.5) is 5.69 Å². The molecule has 1 amide bonds. The molecule has 0 saturated carbocycles. The summed E-state index contributed by atoms with van der Waals surface area (Å²) in [5.74, 6) is -0.251. The van der Waals surface area contributed by atoms with E-state index in [9.17, 15) is 4.79 Å². The Hall–Kier alpha value is -2.38. The molecule has 110 valence electrons. The maximum absolute atomic E-state index is 12.1. The number of hydrogen-bond donors (Lipinski definition) is 2. The average molecular weight is 328 g/mol. The lowest BCUT2D eigenvalue weighted by molar-refractivity contribution is 0.0977. The number of aryl methyl sites for hydroxylation is 1. The summed E-state index contributed by atoms with van der Waals surface area (Å²) in [5.41, 5.74) is 3.86. The Balaban J connectivity index is 1.78. The number of hydrogen-bond acceptors (Lipinski definition) is 5. The number of thiocarbonyl (C=S) groups is 1. The van der Waals surface area contributed by atoms with Crippen molar-refractivity contribution in [1.29, 1.82) is 0 Å². The van der Waals surface area contributed by atoms with E-state index in [2.05, 4.69) is 19.4 Å². The van der Waals surface area contributed by atoms with Gasteiger partial charge in [-0.3, -0.25) is 10.1 Å². The molecule has 0 aliphatic carbocycles. The highest BCUT2D eigenvalue weighted by Crippen LogP contribution is 2.25. The molecule has 22 heavy (non-hydrogen) atoms. The molecule has 7 heteroatoms. The average Bonchev–Trinajstić information content (AvgIpc) is 3.00. The molecule has 0 unspecified atom stereocenters. The van der Waals surface area contributed by atoms with E-state index in [1.165, 1.54) is 0 Å². The van der Waals surface area contributed by atoms with Gasteiger partial charge in [-0.05, 0) is 42.9 Å². The molecule has 2 aromatic carbocycles. The molecular formula is C15H12N4OS2. The number of aromatic nitrogens is 2. The van der Waals surface area contributed by atoms with E-state index in [4.69, 9.17) is 12.2 Å².